The number of rotatable bonds is 2. The van der Waals surface area contributed by atoms with E-state index >= 15 is 0 Å². The molecule has 134 valence electrons. The fraction of sp³-hybridized carbons (Fsp3) is 0.333. The van der Waals surface area contributed by atoms with Crippen LogP contribution in [-0.2, 0) is 17.4 Å². The molecular formula is C18H28ClCrO2Si2-. The van der Waals surface area contributed by atoms with Crippen LogP contribution in [0.5, 0.6) is 11.5 Å². The van der Waals surface area contributed by atoms with Crippen molar-refractivity contribution in [1.29, 1.82) is 0 Å². The standard InChI is InChI=1S/2C9H14OSi.ClH.Cr/c2*1-11(2,3)9-7-5-4-6-8(9)10;;/h2*4-7,10H,1-3H3;1H;/p-1. The topological polar surface area (TPSA) is 40.5 Å². The van der Waals surface area contributed by atoms with E-state index in [0.717, 1.165) is 10.4 Å². The third-order valence-corrected chi connectivity index (χ3v) is 7.50. The molecule has 0 saturated heterocycles. The van der Waals surface area contributed by atoms with Crippen LogP contribution in [0.25, 0.3) is 0 Å². The van der Waals surface area contributed by atoms with E-state index in [0.29, 0.717) is 11.5 Å². The Kier molecular flexibility index (Phi) is 11.0. The van der Waals surface area contributed by atoms with Gasteiger partial charge < -0.3 is 22.6 Å². The monoisotopic (exact) mass is 419 g/mol. The quantitative estimate of drug-likeness (QED) is 0.709. The maximum Gasteiger partial charge on any atom is 0.114 e. The molecular weight excluding hydrogens is 392 g/mol. The summed E-state index contributed by atoms with van der Waals surface area (Å²) in [5.74, 6) is 0.901. The van der Waals surface area contributed by atoms with Crippen molar-refractivity contribution in [2.75, 3.05) is 0 Å². The van der Waals surface area contributed by atoms with Crippen LogP contribution in [0.4, 0.5) is 0 Å². The molecule has 0 unspecified atom stereocenters. The molecule has 0 aliphatic rings. The van der Waals surface area contributed by atoms with Gasteiger partial charge in [-0.3, -0.25) is 0 Å². The fourth-order valence-corrected chi connectivity index (χ4v) is 5.11. The van der Waals surface area contributed by atoms with Gasteiger partial charge in [-0.2, -0.15) is 0 Å². The third kappa shape index (κ3) is 7.91. The summed E-state index contributed by atoms with van der Waals surface area (Å²) in [6.07, 6.45) is 0. The molecule has 0 aliphatic heterocycles. The molecule has 0 radical (unpaired) electrons. The summed E-state index contributed by atoms with van der Waals surface area (Å²) in [6.45, 7) is 13.3. The molecule has 24 heavy (non-hydrogen) atoms. The van der Waals surface area contributed by atoms with Crippen molar-refractivity contribution in [3.05, 3.63) is 48.5 Å². The Morgan fingerprint density at radius 2 is 0.833 bits per heavy atom. The predicted molar refractivity (Wildman–Crippen MR) is 102 cm³/mol. The summed E-state index contributed by atoms with van der Waals surface area (Å²) in [5.41, 5.74) is 0. The van der Waals surface area contributed by atoms with Crippen molar-refractivity contribution in [3.63, 3.8) is 0 Å². The van der Waals surface area contributed by atoms with Gasteiger partial charge in [0.1, 0.15) is 11.5 Å². The van der Waals surface area contributed by atoms with Crippen LogP contribution in [0.15, 0.2) is 48.5 Å². The van der Waals surface area contributed by atoms with Gasteiger partial charge in [0, 0.05) is 17.4 Å². The Bertz CT molecular complexity index is 567. The van der Waals surface area contributed by atoms with Gasteiger partial charge in [0.25, 0.3) is 0 Å². The van der Waals surface area contributed by atoms with Gasteiger partial charge in [0.15, 0.2) is 0 Å². The normalized spacial score (nSPS) is 10.6. The molecule has 2 aromatic carbocycles. The molecule has 0 spiro atoms. The number of para-hydroxylation sites is 2. The first-order valence-electron chi connectivity index (χ1n) is 7.60. The smallest absolute Gasteiger partial charge is 0.114 e. The van der Waals surface area contributed by atoms with E-state index in [4.69, 9.17) is 0 Å². The van der Waals surface area contributed by atoms with Gasteiger partial charge >= 0.3 is 0 Å². The second kappa shape index (κ2) is 10.3. The zero-order chi connectivity index (χ0) is 17.0. The Hall–Kier alpha value is -0.704. The van der Waals surface area contributed by atoms with E-state index < -0.39 is 16.1 Å². The Morgan fingerprint density at radius 3 is 1.00 bits per heavy atom. The zero-order valence-electron chi connectivity index (χ0n) is 15.3. The maximum atomic E-state index is 9.48. The van der Waals surface area contributed by atoms with E-state index in [9.17, 15) is 10.2 Å². The maximum absolute atomic E-state index is 9.48. The van der Waals surface area contributed by atoms with Gasteiger partial charge in [-0.05, 0) is 22.5 Å². The number of aromatic hydroxyl groups is 2. The first-order valence-corrected chi connectivity index (χ1v) is 14.6. The number of benzene rings is 2. The van der Waals surface area contributed by atoms with E-state index in [1.54, 1.807) is 12.1 Å². The van der Waals surface area contributed by atoms with Gasteiger partial charge in [0.2, 0.25) is 0 Å². The summed E-state index contributed by atoms with van der Waals surface area (Å²) in [4.78, 5) is 0. The molecule has 0 bridgehead atoms. The van der Waals surface area contributed by atoms with Crippen molar-refractivity contribution >= 4 is 26.5 Å². The molecule has 2 rings (SSSR count). The molecule has 0 heterocycles. The summed E-state index contributed by atoms with van der Waals surface area (Å²) < 4.78 is 0. The van der Waals surface area contributed by atoms with Crippen molar-refractivity contribution in [2.24, 2.45) is 0 Å². The molecule has 2 nitrogen and oxygen atoms in total. The zero-order valence-corrected chi connectivity index (χ0v) is 19.3. The molecule has 0 aromatic heterocycles. The Labute approximate surface area is 165 Å². The molecule has 0 fully saturated rings. The van der Waals surface area contributed by atoms with Gasteiger partial charge in [-0.25, -0.2) is 0 Å². The van der Waals surface area contributed by atoms with Crippen LogP contribution >= 0.6 is 0 Å². The summed E-state index contributed by atoms with van der Waals surface area (Å²) in [5, 5.41) is 21.2. The average Bonchev–Trinajstić information content (AvgIpc) is 2.37. The first-order chi connectivity index (χ1) is 10.0. The van der Waals surface area contributed by atoms with Crippen molar-refractivity contribution < 1.29 is 40.0 Å². The SMILES string of the molecule is C[Si](C)(C)c1ccccc1O.C[Si](C)(C)c1ccccc1O.[Cl-].[Cr]. The predicted octanol–water partition coefficient (Wildman–Crippen LogP) is 0.876. The molecule has 0 amide bonds. The van der Waals surface area contributed by atoms with Crippen LogP contribution in [0.2, 0.25) is 39.3 Å². The summed E-state index contributed by atoms with van der Waals surface area (Å²) >= 11 is 0. The van der Waals surface area contributed by atoms with Gasteiger partial charge in [-0.15, -0.1) is 0 Å². The molecule has 0 atom stereocenters. The molecule has 6 heteroatoms. The van der Waals surface area contributed by atoms with Crippen LogP contribution in [0.3, 0.4) is 0 Å². The minimum Gasteiger partial charge on any atom is -1.00 e. The minimum absolute atomic E-state index is 0. The summed E-state index contributed by atoms with van der Waals surface area (Å²) in [6, 6.07) is 15.2. The largest absolute Gasteiger partial charge is 1.00 e. The Balaban J connectivity index is 0. The second-order valence-corrected chi connectivity index (χ2v) is 17.6. The number of halogens is 1. The van der Waals surface area contributed by atoms with E-state index in [2.05, 4.69) is 39.3 Å². The average molecular weight is 420 g/mol. The molecule has 0 aliphatic carbocycles. The number of hydrogen-bond acceptors (Lipinski definition) is 2. The van der Waals surface area contributed by atoms with Crippen molar-refractivity contribution in [2.45, 2.75) is 39.3 Å². The van der Waals surface area contributed by atoms with Crippen LogP contribution in [0.1, 0.15) is 0 Å². The fourth-order valence-electron chi connectivity index (χ4n) is 2.22. The third-order valence-electron chi connectivity index (χ3n) is 3.42. The molecule has 0 saturated carbocycles. The summed E-state index contributed by atoms with van der Waals surface area (Å²) in [7, 11) is -2.66. The second-order valence-electron chi connectivity index (χ2n) is 7.53. The van der Waals surface area contributed by atoms with Crippen LogP contribution in [-0.4, -0.2) is 26.4 Å². The van der Waals surface area contributed by atoms with Crippen LogP contribution < -0.4 is 22.8 Å². The van der Waals surface area contributed by atoms with Gasteiger partial charge in [0.05, 0.1) is 16.1 Å². The Morgan fingerprint density at radius 1 is 0.583 bits per heavy atom. The number of phenols is 2. The van der Waals surface area contributed by atoms with E-state index in [1.165, 1.54) is 0 Å². The molecule has 2 N–H and O–H groups in total. The van der Waals surface area contributed by atoms with E-state index in [1.807, 2.05) is 36.4 Å². The van der Waals surface area contributed by atoms with E-state index in [-0.39, 0.29) is 29.8 Å². The van der Waals surface area contributed by atoms with Gasteiger partial charge in [-0.1, -0.05) is 75.7 Å². The number of phenolic OH excluding ortho intramolecular Hbond substituents is 2. The number of hydrogen-bond donors (Lipinski definition) is 2. The van der Waals surface area contributed by atoms with Crippen molar-refractivity contribution in [1.82, 2.24) is 0 Å². The minimum atomic E-state index is -1.33. The van der Waals surface area contributed by atoms with Crippen LogP contribution in [0, 0.1) is 0 Å². The molecule has 2 aromatic rings. The first kappa shape index (κ1) is 25.5. The van der Waals surface area contributed by atoms with Crippen molar-refractivity contribution in [3.8, 4) is 11.5 Å².